The lowest BCUT2D eigenvalue weighted by molar-refractivity contribution is 0.188. The second kappa shape index (κ2) is 6.26. The maximum atomic E-state index is 12.5. The zero-order valence-electron chi connectivity index (χ0n) is 12.1. The van der Waals surface area contributed by atoms with Crippen molar-refractivity contribution in [1.29, 1.82) is 0 Å². The third-order valence-corrected chi connectivity index (χ3v) is 5.62. The molecule has 0 aliphatic carbocycles. The second-order valence-electron chi connectivity index (χ2n) is 5.18. The average Bonchev–Trinajstić information content (AvgIpc) is 2.82. The van der Waals surface area contributed by atoms with Gasteiger partial charge in [-0.1, -0.05) is 6.92 Å². The molecule has 114 valence electrons. The highest BCUT2D eigenvalue weighted by atomic mass is 32.2. The van der Waals surface area contributed by atoms with Crippen molar-refractivity contribution in [1.82, 2.24) is 13.8 Å². The van der Waals surface area contributed by atoms with Gasteiger partial charge in [0.1, 0.15) is 4.90 Å². The van der Waals surface area contributed by atoms with Crippen molar-refractivity contribution in [2.24, 2.45) is 7.05 Å². The van der Waals surface area contributed by atoms with E-state index in [1.807, 2.05) is 0 Å². The van der Waals surface area contributed by atoms with Crippen LogP contribution in [0.4, 0.5) is 0 Å². The Morgan fingerprint density at radius 2 is 1.90 bits per heavy atom. The lowest BCUT2D eigenvalue weighted by atomic mass is 10.3. The average molecular weight is 301 g/mol. The Morgan fingerprint density at radius 1 is 1.25 bits per heavy atom. The van der Waals surface area contributed by atoms with Crippen molar-refractivity contribution in [3.8, 4) is 0 Å². The van der Waals surface area contributed by atoms with Crippen molar-refractivity contribution in [2.45, 2.75) is 24.8 Å². The third kappa shape index (κ3) is 3.06. The largest absolute Gasteiger partial charge is 0.390 e. The maximum Gasteiger partial charge on any atom is 0.244 e. The summed E-state index contributed by atoms with van der Waals surface area (Å²) >= 11 is 0. The molecule has 6 nitrogen and oxygen atoms in total. The summed E-state index contributed by atoms with van der Waals surface area (Å²) in [7, 11) is -1.70. The van der Waals surface area contributed by atoms with Crippen LogP contribution in [0.25, 0.3) is 0 Å². The Hall–Kier alpha value is -0.890. The minimum absolute atomic E-state index is 0.156. The van der Waals surface area contributed by atoms with E-state index in [2.05, 4.69) is 11.8 Å². The molecular formula is C13H23N3O3S. The minimum atomic E-state index is -3.44. The van der Waals surface area contributed by atoms with Gasteiger partial charge < -0.3 is 14.6 Å². The third-order valence-electron chi connectivity index (χ3n) is 3.75. The summed E-state index contributed by atoms with van der Waals surface area (Å²) in [6, 6.07) is 1.55. The number of piperazine rings is 1. The quantitative estimate of drug-likeness (QED) is 0.846. The molecule has 1 aliphatic heterocycles. The number of rotatable bonds is 5. The van der Waals surface area contributed by atoms with Gasteiger partial charge in [0.05, 0.1) is 6.61 Å². The summed E-state index contributed by atoms with van der Waals surface area (Å²) < 4.78 is 28.3. The van der Waals surface area contributed by atoms with E-state index < -0.39 is 10.0 Å². The van der Waals surface area contributed by atoms with Gasteiger partial charge >= 0.3 is 0 Å². The Balaban J connectivity index is 2.11. The fourth-order valence-electron chi connectivity index (χ4n) is 2.53. The molecule has 1 aliphatic rings. The molecule has 0 unspecified atom stereocenters. The van der Waals surface area contributed by atoms with Gasteiger partial charge in [-0.2, -0.15) is 4.31 Å². The molecule has 0 atom stereocenters. The fraction of sp³-hybridized carbons (Fsp3) is 0.692. The van der Waals surface area contributed by atoms with Crippen LogP contribution >= 0.6 is 0 Å². The van der Waals surface area contributed by atoms with Gasteiger partial charge in [-0.25, -0.2) is 8.42 Å². The van der Waals surface area contributed by atoms with E-state index in [0.717, 1.165) is 26.1 Å². The SMILES string of the molecule is CCCN1CCN(S(=O)(=O)c2cc(CO)n(C)c2)CC1. The van der Waals surface area contributed by atoms with Crippen LogP contribution in [0.1, 0.15) is 19.0 Å². The molecule has 0 saturated carbocycles. The molecule has 0 aromatic carbocycles. The van der Waals surface area contributed by atoms with Crippen molar-refractivity contribution < 1.29 is 13.5 Å². The molecule has 1 aromatic rings. The molecule has 0 amide bonds. The lowest BCUT2D eigenvalue weighted by Gasteiger charge is -2.33. The molecule has 20 heavy (non-hydrogen) atoms. The highest BCUT2D eigenvalue weighted by molar-refractivity contribution is 7.89. The number of aliphatic hydroxyl groups excluding tert-OH is 1. The Bertz CT molecular complexity index is 545. The zero-order valence-corrected chi connectivity index (χ0v) is 12.9. The summed E-state index contributed by atoms with van der Waals surface area (Å²) in [4.78, 5) is 2.56. The van der Waals surface area contributed by atoms with Crippen LogP contribution in [0, 0.1) is 0 Å². The second-order valence-corrected chi connectivity index (χ2v) is 7.12. The molecule has 2 heterocycles. The van der Waals surface area contributed by atoms with Crippen molar-refractivity contribution in [3.63, 3.8) is 0 Å². The Morgan fingerprint density at radius 3 is 2.40 bits per heavy atom. The standard InChI is InChI=1S/C13H23N3O3S/c1-3-4-15-5-7-16(8-6-15)20(18,19)13-9-12(11-17)14(2)10-13/h9-10,17H,3-8,11H2,1-2H3. The number of nitrogens with zero attached hydrogens (tertiary/aromatic N) is 3. The molecule has 7 heteroatoms. The van der Waals surface area contributed by atoms with Crippen LogP contribution in [0.5, 0.6) is 0 Å². The van der Waals surface area contributed by atoms with E-state index in [-0.39, 0.29) is 11.5 Å². The van der Waals surface area contributed by atoms with Gasteiger partial charge in [-0.05, 0) is 19.0 Å². The van der Waals surface area contributed by atoms with Gasteiger partial charge in [-0.3, -0.25) is 0 Å². The zero-order chi connectivity index (χ0) is 14.8. The molecule has 1 aromatic heterocycles. The van der Waals surface area contributed by atoms with Crippen molar-refractivity contribution >= 4 is 10.0 Å². The number of hydrogen-bond donors (Lipinski definition) is 1. The number of aliphatic hydroxyl groups is 1. The molecular weight excluding hydrogens is 278 g/mol. The molecule has 0 spiro atoms. The van der Waals surface area contributed by atoms with Crippen LogP contribution in [-0.2, 0) is 23.7 Å². The molecule has 1 N–H and O–H groups in total. The number of sulfonamides is 1. The van der Waals surface area contributed by atoms with Crippen LogP contribution < -0.4 is 0 Å². The van der Waals surface area contributed by atoms with Crippen LogP contribution in [0.15, 0.2) is 17.2 Å². The molecule has 1 saturated heterocycles. The molecule has 0 radical (unpaired) electrons. The minimum Gasteiger partial charge on any atom is -0.390 e. The van der Waals surface area contributed by atoms with Crippen molar-refractivity contribution in [3.05, 3.63) is 18.0 Å². The predicted molar refractivity (Wildman–Crippen MR) is 76.8 cm³/mol. The lowest BCUT2D eigenvalue weighted by Crippen LogP contribution is -2.48. The van der Waals surface area contributed by atoms with E-state index >= 15 is 0 Å². The van der Waals surface area contributed by atoms with Gasteiger partial charge in [0.2, 0.25) is 10.0 Å². The smallest absolute Gasteiger partial charge is 0.244 e. The van der Waals surface area contributed by atoms with Crippen molar-refractivity contribution in [2.75, 3.05) is 32.7 Å². The van der Waals surface area contributed by atoms with E-state index in [1.165, 1.54) is 4.31 Å². The van der Waals surface area contributed by atoms with Gasteiger partial charge in [0.15, 0.2) is 0 Å². The fourth-order valence-corrected chi connectivity index (χ4v) is 4.05. The highest BCUT2D eigenvalue weighted by Gasteiger charge is 2.29. The van der Waals surface area contributed by atoms with Crippen LogP contribution in [-0.4, -0.2) is 60.0 Å². The molecule has 1 fully saturated rings. The number of aromatic nitrogens is 1. The first-order valence-corrected chi connectivity index (χ1v) is 8.41. The summed E-state index contributed by atoms with van der Waals surface area (Å²) in [5, 5.41) is 9.17. The topological polar surface area (TPSA) is 65.8 Å². The van der Waals surface area contributed by atoms with Gasteiger partial charge in [0, 0.05) is 45.1 Å². The Labute approximate surface area is 120 Å². The predicted octanol–water partition coefficient (Wildman–Crippen LogP) is 0.234. The maximum absolute atomic E-state index is 12.5. The molecule has 0 bridgehead atoms. The summed E-state index contributed by atoms with van der Waals surface area (Å²) in [6.45, 7) is 5.63. The first-order valence-electron chi connectivity index (χ1n) is 6.97. The van der Waals surface area contributed by atoms with Gasteiger partial charge in [0.25, 0.3) is 0 Å². The van der Waals surface area contributed by atoms with Gasteiger partial charge in [-0.15, -0.1) is 0 Å². The van der Waals surface area contributed by atoms with E-state index in [4.69, 9.17) is 5.11 Å². The van der Waals surface area contributed by atoms with Crippen LogP contribution in [0.3, 0.4) is 0 Å². The first-order chi connectivity index (χ1) is 9.48. The molecule has 2 rings (SSSR count). The summed E-state index contributed by atoms with van der Waals surface area (Å²) in [5.41, 5.74) is 0.605. The highest BCUT2D eigenvalue weighted by Crippen LogP contribution is 2.20. The number of hydrogen-bond acceptors (Lipinski definition) is 4. The van der Waals surface area contributed by atoms with E-state index in [0.29, 0.717) is 18.8 Å². The van der Waals surface area contributed by atoms with E-state index in [1.54, 1.807) is 23.9 Å². The normalized spacial score (nSPS) is 18.6. The van der Waals surface area contributed by atoms with E-state index in [9.17, 15) is 8.42 Å². The summed E-state index contributed by atoms with van der Waals surface area (Å²) in [6.07, 6.45) is 2.66. The summed E-state index contributed by atoms with van der Waals surface area (Å²) in [5.74, 6) is 0. The monoisotopic (exact) mass is 301 g/mol. The first kappa shape index (κ1) is 15.5. The van der Waals surface area contributed by atoms with Crippen LogP contribution in [0.2, 0.25) is 0 Å². The number of aryl methyl sites for hydroxylation is 1. The Kier molecular flexibility index (Phi) is 4.85.